The van der Waals surface area contributed by atoms with Crippen LogP contribution in [-0.4, -0.2) is 42.4 Å². The maximum absolute atomic E-state index is 5.99. The van der Waals surface area contributed by atoms with Gasteiger partial charge in [0.25, 0.3) is 0 Å². The minimum absolute atomic E-state index is 0.428. The Morgan fingerprint density at radius 1 is 1.00 bits per heavy atom. The molecule has 0 bridgehead atoms. The average molecular weight is 341 g/mol. The number of hydrogen-bond acceptors (Lipinski definition) is 5. The smallest absolute Gasteiger partial charge is 0.150 e. The third-order valence-electron chi connectivity index (χ3n) is 4.62. The number of likely N-dealkylation sites (N-methyl/N-ethyl adjacent to an activating group) is 1. The van der Waals surface area contributed by atoms with Crippen LogP contribution < -0.4 is 10.1 Å². The van der Waals surface area contributed by atoms with Gasteiger partial charge in [-0.05, 0) is 43.8 Å². The first-order valence-corrected chi connectivity index (χ1v) is 9.31. The normalized spacial score (nSPS) is 18.9. The predicted molar refractivity (Wildman–Crippen MR) is 101 cm³/mol. The van der Waals surface area contributed by atoms with E-state index < -0.39 is 0 Å². The molecule has 1 fully saturated rings. The molecule has 0 aliphatic carbocycles. The molecule has 5 heteroatoms. The van der Waals surface area contributed by atoms with Gasteiger partial charge >= 0.3 is 0 Å². The Morgan fingerprint density at radius 2 is 1.75 bits per heavy atom. The molecule has 2 aliphatic rings. The van der Waals surface area contributed by atoms with Crippen molar-refractivity contribution in [1.82, 2.24) is 9.21 Å². The Kier molecular flexibility index (Phi) is 4.39. The molecule has 126 valence electrons. The monoisotopic (exact) mass is 341 g/mol. The molecule has 1 atom stereocenters. The van der Waals surface area contributed by atoms with Crippen molar-refractivity contribution in [2.45, 2.75) is 12.2 Å². The van der Waals surface area contributed by atoms with Gasteiger partial charge in [0.05, 0.1) is 11.4 Å². The van der Waals surface area contributed by atoms with E-state index in [0.717, 1.165) is 49.1 Å². The average Bonchev–Trinajstić information content (AvgIpc) is 2.61. The fourth-order valence-corrected chi connectivity index (χ4v) is 4.18. The molecule has 0 radical (unpaired) electrons. The van der Waals surface area contributed by atoms with E-state index in [-0.39, 0.29) is 0 Å². The highest BCUT2D eigenvalue weighted by molar-refractivity contribution is 7.97. The molecule has 0 amide bonds. The Morgan fingerprint density at radius 3 is 2.58 bits per heavy atom. The van der Waals surface area contributed by atoms with Crippen molar-refractivity contribution in [3.8, 4) is 11.5 Å². The first-order valence-electron chi connectivity index (χ1n) is 8.47. The van der Waals surface area contributed by atoms with E-state index in [1.807, 2.05) is 36.2 Å². The lowest BCUT2D eigenvalue weighted by Crippen LogP contribution is -2.41. The second-order valence-corrected chi connectivity index (χ2v) is 7.89. The zero-order valence-electron chi connectivity index (χ0n) is 14.2. The van der Waals surface area contributed by atoms with E-state index in [4.69, 9.17) is 4.74 Å². The van der Waals surface area contributed by atoms with Crippen molar-refractivity contribution in [3.05, 3.63) is 48.0 Å². The van der Waals surface area contributed by atoms with E-state index in [0.29, 0.717) is 5.25 Å². The molecule has 1 unspecified atom stereocenters. The summed E-state index contributed by atoms with van der Waals surface area (Å²) in [5, 5.41) is 3.92. The second-order valence-electron chi connectivity index (χ2n) is 6.46. The summed E-state index contributed by atoms with van der Waals surface area (Å²) in [6.45, 7) is 6.84. The SMILES string of the molecule is CC(SN1CCN(C)CC1)c1ccc2c(c1)Nc1ccccc1O2. The van der Waals surface area contributed by atoms with Crippen LogP contribution in [0.5, 0.6) is 11.5 Å². The number of para-hydroxylation sites is 2. The van der Waals surface area contributed by atoms with Crippen LogP contribution in [0.15, 0.2) is 42.5 Å². The topological polar surface area (TPSA) is 27.7 Å². The van der Waals surface area contributed by atoms with Crippen LogP contribution >= 0.6 is 11.9 Å². The molecule has 0 aromatic heterocycles. The molecular weight excluding hydrogens is 318 g/mol. The number of anilines is 2. The zero-order chi connectivity index (χ0) is 16.5. The molecule has 4 nitrogen and oxygen atoms in total. The maximum Gasteiger partial charge on any atom is 0.150 e. The number of benzene rings is 2. The maximum atomic E-state index is 5.99. The number of nitrogens with one attached hydrogen (secondary N) is 1. The largest absolute Gasteiger partial charge is 0.453 e. The van der Waals surface area contributed by atoms with E-state index in [9.17, 15) is 0 Å². The molecule has 4 rings (SSSR count). The van der Waals surface area contributed by atoms with E-state index in [1.165, 1.54) is 5.56 Å². The molecule has 2 heterocycles. The number of rotatable bonds is 3. The number of hydrogen-bond donors (Lipinski definition) is 1. The highest BCUT2D eigenvalue weighted by Crippen LogP contribution is 2.43. The van der Waals surface area contributed by atoms with Crippen LogP contribution in [0.2, 0.25) is 0 Å². The summed E-state index contributed by atoms with van der Waals surface area (Å²) in [5.74, 6) is 1.78. The molecule has 24 heavy (non-hydrogen) atoms. The lowest BCUT2D eigenvalue weighted by molar-refractivity contribution is 0.233. The van der Waals surface area contributed by atoms with Gasteiger partial charge in [-0.1, -0.05) is 30.1 Å². The molecule has 0 spiro atoms. The number of piperazine rings is 1. The number of ether oxygens (including phenoxy) is 1. The van der Waals surface area contributed by atoms with Crippen LogP contribution in [0.4, 0.5) is 11.4 Å². The first-order chi connectivity index (χ1) is 11.7. The summed E-state index contributed by atoms with van der Waals surface area (Å²) < 4.78 is 8.48. The standard InChI is InChI=1S/C19H23N3OS/c1-14(24-22-11-9-21(2)10-12-22)15-7-8-19-17(13-15)20-16-5-3-4-6-18(16)23-19/h3-8,13-14,20H,9-12H2,1-2H3. The van der Waals surface area contributed by atoms with Crippen LogP contribution in [-0.2, 0) is 0 Å². The lowest BCUT2D eigenvalue weighted by atomic mass is 10.1. The quantitative estimate of drug-likeness (QED) is 0.709. The van der Waals surface area contributed by atoms with Crippen molar-refractivity contribution in [2.75, 3.05) is 38.5 Å². The van der Waals surface area contributed by atoms with Gasteiger partial charge in [-0.2, -0.15) is 0 Å². The molecular formula is C19H23N3OS. The van der Waals surface area contributed by atoms with Crippen molar-refractivity contribution in [3.63, 3.8) is 0 Å². The fraction of sp³-hybridized carbons (Fsp3) is 0.368. The summed E-state index contributed by atoms with van der Waals surface area (Å²) in [6, 6.07) is 14.5. The second kappa shape index (κ2) is 6.67. The molecule has 2 aromatic rings. The van der Waals surface area contributed by atoms with E-state index in [2.05, 4.69) is 46.7 Å². The fourth-order valence-electron chi connectivity index (χ4n) is 3.09. The molecule has 1 saturated heterocycles. The van der Waals surface area contributed by atoms with Crippen LogP contribution in [0.3, 0.4) is 0 Å². The number of nitrogens with zero attached hydrogens (tertiary/aromatic N) is 2. The molecule has 2 aromatic carbocycles. The van der Waals surface area contributed by atoms with Crippen molar-refractivity contribution >= 4 is 23.3 Å². The predicted octanol–water partition coefficient (Wildman–Crippen LogP) is 4.49. The molecule has 2 aliphatic heterocycles. The Bertz CT molecular complexity index is 728. The highest BCUT2D eigenvalue weighted by atomic mass is 32.2. The van der Waals surface area contributed by atoms with Crippen molar-refractivity contribution in [2.24, 2.45) is 0 Å². The zero-order valence-corrected chi connectivity index (χ0v) is 15.0. The van der Waals surface area contributed by atoms with E-state index >= 15 is 0 Å². The van der Waals surface area contributed by atoms with E-state index in [1.54, 1.807) is 0 Å². The van der Waals surface area contributed by atoms with Gasteiger partial charge < -0.3 is 15.0 Å². The first kappa shape index (κ1) is 15.8. The highest BCUT2D eigenvalue weighted by Gasteiger charge is 2.20. The summed E-state index contributed by atoms with van der Waals surface area (Å²) >= 11 is 1.95. The van der Waals surface area contributed by atoms with Crippen molar-refractivity contribution < 1.29 is 4.74 Å². The Balaban J connectivity index is 1.47. The third-order valence-corrected chi connectivity index (χ3v) is 5.87. The van der Waals surface area contributed by atoms with Gasteiger partial charge in [-0.3, -0.25) is 0 Å². The van der Waals surface area contributed by atoms with Gasteiger partial charge in [0, 0.05) is 31.4 Å². The van der Waals surface area contributed by atoms with Crippen LogP contribution in [0, 0.1) is 0 Å². The van der Waals surface area contributed by atoms with Gasteiger partial charge in [0.1, 0.15) is 0 Å². The van der Waals surface area contributed by atoms with Gasteiger partial charge in [-0.15, -0.1) is 0 Å². The Hall–Kier alpha value is -1.69. The molecule has 1 N–H and O–H groups in total. The van der Waals surface area contributed by atoms with Gasteiger partial charge in [0.2, 0.25) is 0 Å². The van der Waals surface area contributed by atoms with Gasteiger partial charge in [0.15, 0.2) is 11.5 Å². The minimum atomic E-state index is 0.428. The summed E-state index contributed by atoms with van der Waals surface area (Å²) in [6.07, 6.45) is 0. The van der Waals surface area contributed by atoms with Crippen LogP contribution in [0.25, 0.3) is 0 Å². The summed E-state index contributed by atoms with van der Waals surface area (Å²) in [5.41, 5.74) is 3.41. The van der Waals surface area contributed by atoms with Crippen LogP contribution in [0.1, 0.15) is 17.7 Å². The minimum Gasteiger partial charge on any atom is -0.453 e. The summed E-state index contributed by atoms with van der Waals surface area (Å²) in [4.78, 5) is 2.39. The lowest BCUT2D eigenvalue weighted by Gasteiger charge is -2.33. The molecule has 0 saturated carbocycles. The van der Waals surface area contributed by atoms with Gasteiger partial charge in [-0.25, -0.2) is 4.31 Å². The van der Waals surface area contributed by atoms with Crippen molar-refractivity contribution in [1.29, 1.82) is 0 Å². The Labute approximate surface area is 147 Å². The third kappa shape index (κ3) is 3.24. The summed E-state index contributed by atoms with van der Waals surface area (Å²) in [7, 11) is 2.19. The number of fused-ring (bicyclic) bond motifs is 2.